The number of rotatable bonds is 2. The average Bonchev–Trinajstić information content (AvgIpc) is 2.82. The minimum absolute atomic E-state index is 0.0251. The van der Waals surface area contributed by atoms with Crippen molar-refractivity contribution in [2.24, 2.45) is 0 Å². The molecule has 0 saturated carbocycles. The van der Waals surface area contributed by atoms with E-state index in [1.807, 2.05) is 0 Å². The van der Waals surface area contributed by atoms with E-state index in [4.69, 9.17) is 4.74 Å². The van der Waals surface area contributed by atoms with Crippen LogP contribution in [0.1, 0.15) is 22.8 Å². The number of ether oxygens (including phenoxy) is 2. The molecule has 0 amide bonds. The van der Waals surface area contributed by atoms with Gasteiger partial charge in [-0.25, -0.2) is 4.79 Å². The molecule has 0 spiro atoms. The Kier molecular flexibility index (Phi) is 3.05. The molecule has 5 nitrogen and oxygen atoms in total. The Morgan fingerprint density at radius 2 is 2.38 bits per heavy atom. The Labute approximate surface area is 92.6 Å². The summed E-state index contributed by atoms with van der Waals surface area (Å²) in [5.74, 6) is -0.437. The molecule has 1 saturated heterocycles. The van der Waals surface area contributed by atoms with E-state index in [1.165, 1.54) is 25.4 Å². The minimum Gasteiger partial charge on any atom is -0.465 e. The van der Waals surface area contributed by atoms with E-state index < -0.39 is 5.97 Å². The highest BCUT2D eigenvalue weighted by Crippen LogP contribution is 2.17. The molecule has 1 aromatic heterocycles. The molecule has 86 valence electrons. The van der Waals surface area contributed by atoms with Crippen molar-refractivity contribution in [1.29, 1.82) is 0 Å². The predicted octanol–water partition coefficient (Wildman–Crippen LogP) is 0.596. The third-order valence-electron chi connectivity index (χ3n) is 2.66. The van der Waals surface area contributed by atoms with Gasteiger partial charge in [0.2, 0.25) is 0 Å². The molecule has 5 heteroatoms. The Morgan fingerprint density at radius 1 is 1.56 bits per heavy atom. The average molecular weight is 223 g/mol. The zero-order valence-electron chi connectivity index (χ0n) is 9.01. The lowest BCUT2D eigenvalue weighted by atomic mass is 10.2. The van der Waals surface area contributed by atoms with Gasteiger partial charge < -0.3 is 14.0 Å². The molecule has 0 N–H and O–H groups in total. The Morgan fingerprint density at radius 3 is 3.00 bits per heavy atom. The molecule has 0 unspecified atom stereocenters. The quantitative estimate of drug-likeness (QED) is 0.689. The number of carbonyl (C=O) groups is 1. The fourth-order valence-corrected chi connectivity index (χ4v) is 1.77. The second-order valence-electron chi connectivity index (χ2n) is 3.67. The molecule has 1 aliphatic heterocycles. The van der Waals surface area contributed by atoms with Crippen LogP contribution in [-0.4, -0.2) is 30.9 Å². The number of aromatic nitrogens is 1. The standard InChI is InChI=1S/C11H13NO4/c1-15-11(14)8-2-3-10(13)12(6-8)9-4-5-16-7-9/h2-3,6,9H,4-5,7H2,1H3/t9-/m0/s1. The third kappa shape index (κ3) is 1.99. The maximum atomic E-state index is 11.6. The van der Waals surface area contributed by atoms with Gasteiger partial charge in [-0.05, 0) is 12.5 Å². The molecule has 2 heterocycles. The maximum absolute atomic E-state index is 11.6. The summed E-state index contributed by atoms with van der Waals surface area (Å²) in [4.78, 5) is 22.9. The first kappa shape index (κ1) is 10.9. The fourth-order valence-electron chi connectivity index (χ4n) is 1.77. The second kappa shape index (κ2) is 4.49. The minimum atomic E-state index is -0.437. The predicted molar refractivity (Wildman–Crippen MR) is 56.5 cm³/mol. The van der Waals surface area contributed by atoms with Crippen LogP contribution in [0.4, 0.5) is 0 Å². The van der Waals surface area contributed by atoms with Gasteiger partial charge in [0.25, 0.3) is 5.56 Å². The van der Waals surface area contributed by atoms with Crippen LogP contribution in [0.15, 0.2) is 23.1 Å². The topological polar surface area (TPSA) is 57.5 Å². The van der Waals surface area contributed by atoms with Gasteiger partial charge in [0, 0.05) is 18.9 Å². The molecule has 0 aliphatic carbocycles. The number of nitrogens with zero attached hydrogens (tertiary/aromatic N) is 1. The molecule has 16 heavy (non-hydrogen) atoms. The van der Waals surface area contributed by atoms with E-state index in [0.717, 1.165) is 6.42 Å². The van der Waals surface area contributed by atoms with Crippen molar-refractivity contribution in [2.75, 3.05) is 20.3 Å². The number of carbonyl (C=O) groups excluding carboxylic acids is 1. The highest BCUT2D eigenvalue weighted by molar-refractivity contribution is 5.88. The lowest BCUT2D eigenvalue weighted by molar-refractivity contribution is 0.0599. The Bertz CT molecular complexity index is 446. The van der Waals surface area contributed by atoms with Crippen molar-refractivity contribution in [1.82, 2.24) is 4.57 Å². The summed E-state index contributed by atoms with van der Waals surface area (Å²) in [5, 5.41) is 0. The van der Waals surface area contributed by atoms with Crippen molar-refractivity contribution >= 4 is 5.97 Å². The van der Waals surface area contributed by atoms with Crippen molar-refractivity contribution in [3.63, 3.8) is 0 Å². The SMILES string of the molecule is COC(=O)c1ccc(=O)n([C@H]2CCOC2)c1. The Balaban J connectivity index is 2.36. The third-order valence-corrected chi connectivity index (χ3v) is 2.66. The van der Waals surface area contributed by atoms with Crippen LogP contribution in [0.25, 0.3) is 0 Å². The highest BCUT2D eigenvalue weighted by Gasteiger charge is 2.19. The van der Waals surface area contributed by atoms with E-state index in [2.05, 4.69) is 4.74 Å². The van der Waals surface area contributed by atoms with Crippen molar-refractivity contribution in [2.45, 2.75) is 12.5 Å². The highest BCUT2D eigenvalue weighted by atomic mass is 16.5. The summed E-state index contributed by atoms with van der Waals surface area (Å²) in [7, 11) is 1.32. The maximum Gasteiger partial charge on any atom is 0.339 e. The van der Waals surface area contributed by atoms with Crippen LogP contribution in [0.3, 0.4) is 0 Å². The lowest BCUT2D eigenvalue weighted by Crippen LogP contribution is -2.25. The van der Waals surface area contributed by atoms with Gasteiger partial charge in [0.15, 0.2) is 0 Å². The van der Waals surface area contributed by atoms with E-state index in [9.17, 15) is 9.59 Å². The van der Waals surface area contributed by atoms with Gasteiger partial charge >= 0.3 is 5.97 Å². The van der Waals surface area contributed by atoms with E-state index in [1.54, 1.807) is 4.57 Å². The fraction of sp³-hybridized carbons (Fsp3) is 0.455. The summed E-state index contributed by atoms with van der Waals surface area (Å²) < 4.78 is 11.4. The van der Waals surface area contributed by atoms with Crippen molar-refractivity contribution in [3.05, 3.63) is 34.2 Å². The lowest BCUT2D eigenvalue weighted by Gasteiger charge is -2.12. The van der Waals surface area contributed by atoms with Gasteiger partial charge in [-0.3, -0.25) is 4.79 Å². The molecule has 0 aromatic carbocycles. The van der Waals surface area contributed by atoms with Gasteiger partial charge in [-0.15, -0.1) is 0 Å². The largest absolute Gasteiger partial charge is 0.465 e. The van der Waals surface area contributed by atoms with Gasteiger partial charge in [-0.1, -0.05) is 0 Å². The Hall–Kier alpha value is -1.62. The van der Waals surface area contributed by atoms with Crippen LogP contribution >= 0.6 is 0 Å². The monoisotopic (exact) mass is 223 g/mol. The first-order valence-electron chi connectivity index (χ1n) is 5.10. The van der Waals surface area contributed by atoms with Crippen molar-refractivity contribution < 1.29 is 14.3 Å². The number of methoxy groups -OCH3 is 1. The van der Waals surface area contributed by atoms with Gasteiger partial charge in [-0.2, -0.15) is 0 Å². The number of esters is 1. The van der Waals surface area contributed by atoms with Crippen LogP contribution < -0.4 is 5.56 Å². The van der Waals surface area contributed by atoms with E-state index in [-0.39, 0.29) is 11.6 Å². The molecule has 1 fully saturated rings. The molecule has 2 rings (SSSR count). The number of pyridine rings is 1. The van der Waals surface area contributed by atoms with Crippen LogP contribution in [0, 0.1) is 0 Å². The molecule has 1 aromatic rings. The smallest absolute Gasteiger partial charge is 0.339 e. The van der Waals surface area contributed by atoms with Crippen molar-refractivity contribution in [3.8, 4) is 0 Å². The molecular weight excluding hydrogens is 210 g/mol. The first-order chi connectivity index (χ1) is 7.72. The van der Waals surface area contributed by atoms with E-state index >= 15 is 0 Å². The van der Waals surface area contributed by atoms with Crippen LogP contribution in [0.5, 0.6) is 0 Å². The first-order valence-corrected chi connectivity index (χ1v) is 5.10. The van der Waals surface area contributed by atoms with Gasteiger partial charge in [0.05, 0.1) is 25.3 Å². The zero-order valence-corrected chi connectivity index (χ0v) is 9.01. The molecule has 1 atom stereocenters. The zero-order chi connectivity index (χ0) is 11.5. The van der Waals surface area contributed by atoms with Gasteiger partial charge in [0.1, 0.15) is 0 Å². The summed E-state index contributed by atoms with van der Waals surface area (Å²) in [6.07, 6.45) is 2.33. The molecular formula is C11H13NO4. The summed E-state index contributed by atoms with van der Waals surface area (Å²) >= 11 is 0. The summed E-state index contributed by atoms with van der Waals surface area (Å²) in [5.41, 5.74) is 0.261. The summed E-state index contributed by atoms with van der Waals surface area (Å²) in [6, 6.07) is 2.88. The summed E-state index contributed by atoms with van der Waals surface area (Å²) in [6.45, 7) is 1.17. The second-order valence-corrected chi connectivity index (χ2v) is 3.67. The van der Waals surface area contributed by atoms with Crippen LogP contribution in [0.2, 0.25) is 0 Å². The number of hydrogen-bond acceptors (Lipinski definition) is 4. The molecule has 0 bridgehead atoms. The molecule has 1 aliphatic rings. The van der Waals surface area contributed by atoms with Crippen LogP contribution in [-0.2, 0) is 9.47 Å². The molecule has 0 radical (unpaired) electrons. The number of hydrogen-bond donors (Lipinski definition) is 0. The normalized spacial score (nSPS) is 19.7. The van der Waals surface area contributed by atoms with E-state index in [0.29, 0.717) is 18.8 Å².